The number of hydrogen-bond donors (Lipinski definition) is 1. The number of aryl methyl sites for hydroxylation is 2. The van der Waals surface area contributed by atoms with Crippen molar-refractivity contribution in [3.05, 3.63) is 29.3 Å². The van der Waals surface area contributed by atoms with Crippen LogP contribution in [-0.2, 0) is 14.6 Å². The minimum absolute atomic E-state index is 0.0701. The molecular weight excluding hydrogens is 356 g/mol. The van der Waals surface area contributed by atoms with Gasteiger partial charge in [0.25, 0.3) is 0 Å². The van der Waals surface area contributed by atoms with Gasteiger partial charge in [-0.15, -0.1) is 0 Å². The van der Waals surface area contributed by atoms with Gasteiger partial charge in [-0.25, -0.2) is 8.42 Å². The number of nitrogens with zero attached hydrogens (tertiary/aromatic N) is 1. The van der Waals surface area contributed by atoms with Gasteiger partial charge in [-0.05, 0) is 62.5 Å². The highest BCUT2D eigenvalue weighted by Crippen LogP contribution is 2.24. The average Bonchev–Trinajstić information content (AvgIpc) is 3.17. The number of benzene rings is 1. The standard InChI is InChI=1S/C18H26N2O3S2/c1-13-5-6-14(2)17(10-13)19-18(24)20(11-16-4-3-8-23-16)15-7-9-25(21,22)12-15/h5-6,10,15-16H,3-4,7-9,11-12H2,1-2H3,(H,19,24)/t15-,16+/m0/s1. The van der Waals surface area contributed by atoms with Crippen molar-refractivity contribution >= 4 is 32.9 Å². The molecular formula is C18H26N2O3S2. The summed E-state index contributed by atoms with van der Waals surface area (Å²) in [6.07, 6.45) is 2.81. The van der Waals surface area contributed by atoms with E-state index in [9.17, 15) is 8.42 Å². The minimum Gasteiger partial charge on any atom is -0.376 e. The lowest BCUT2D eigenvalue weighted by atomic mass is 10.1. The van der Waals surface area contributed by atoms with Gasteiger partial charge in [0.1, 0.15) is 0 Å². The molecule has 2 saturated heterocycles. The van der Waals surface area contributed by atoms with Crippen molar-refractivity contribution in [2.24, 2.45) is 0 Å². The normalized spacial score (nSPS) is 25.0. The van der Waals surface area contributed by atoms with Crippen molar-refractivity contribution in [1.29, 1.82) is 0 Å². The van der Waals surface area contributed by atoms with E-state index in [4.69, 9.17) is 17.0 Å². The van der Waals surface area contributed by atoms with Crippen molar-refractivity contribution in [3.63, 3.8) is 0 Å². The van der Waals surface area contributed by atoms with Crippen LogP contribution in [0.2, 0.25) is 0 Å². The molecule has 2 aliphatic rings. The van der Waals surface area contributed by atoms with Crippen LogP contribution < -0.4 is 5.32 Å². The van der Waals surface area contributed by atoms with Gasteiger partial charge >= 0.3 is 0 Å². The van der Waals surface area contributed by atoms with Crippen LogP contribution in [0.4, 0.5) is 5.69 Å². The molecule has 2 aliphatic heterocycles. The second-order valence-electron chi connectivity index (χ2n) is 7.09. The molecule has 2 atom stereocenters. The van der Waals surface area contributed by atoms with Crippen LogP contribution in [0.5, 0.6) is 0 Å². The second kappa shape index (κ2) is 7.60. The molecule has 0 radical (unpaired) electrons. The molecule has 0 bridgehead atoms. The van der Waals surface area contributed by atoms with E-state index < -0.39 is 9.84 Å². The minimum atomic E-state index is -2.97. The van der Waals surface area contributed by atoms with Gasteiger partial charge in [-0.2, -0.15) is 0 Å². The maximum Gasteiger partial charge on any atom is 0.173 e. The Hall–Kier alpha value is -1.18. The molecule has 1 aromatic rings. The first-order chi connectivity index (χ1) is 11.8. The fraction of sp³-hybridized carbons (Fsp3) is 0.611. The summed E-state index contributed by atoms with van der Waals surface area (Å²) in [5.41, 5.74) is 3.25. The maximum atomic E-state index is 11.9. The predicted octanol–water partition coefficient (Wildman–Crippen LogP) is 2.67. The first-order valence-electron chi connectivity index (χ1n) is 8.81. The number of rotatable bonds is 4. The van der Waals surface area contributed by atoms with Crippen molar-refractivity contribution in [3.8, 4) is 0 Å². The van der Waals surface area contributed by atoms with Gasteiger partial charge in [-0.3, -0.25) is 0 Å². The Bertz CT molecular complexity index is 743. The van der Waals surface area contributed by atoms with Crippen LogP contribution in [0.1, 0.15) is 30.4 Å². The smallest absolute Gasteiger partial charge is 0.173 e. The molecule has 7 heteroatoms. The summed E-state index contributed by atoms with van der Waals surface area (Å²) < 4.78 is 29.6. The molecule has 0 aromatic heterocycles. The molecule has 0 amide bonds. The van der Waals surface area contributed by atoms with Crippen LogP contribution in [-0.4, -0.2) is 55.2 Å². The molecule has 0 saturated carbocycles. The molecule has 3 rings (SSSR count). The van der Waals surface area contributed by atoms with Crippen LogP contribution >= 0.6 is 12.2 Å². The van der Waals surface area contributed by atoms with Gasteiger partial charge in [0.2, 0.25) is 0 Å². The van der Waals surface area contributed by atoms with E-state index >= 15 is 0 Å². The number of hydrogen-bond acceptors (Lipinski definition) is 4. The summed E-state index contributed by atoms with van der Waals surface area (Å²) in [7, 11) is -2.97. The Morgan fingerprint density at radius 3 is 2.80 bits per heavy atom. The highest BCUT2D eigenvalue weighted by Gasteiger charge is 2.35. The average molecular weight is 383 g/mol. The fourth-order valence-corrected chi connectivity index (χ4v) is 5.55. The molecule has 0 unspecified atom stereocenters. The molecule has 25 heavy (non-hydrogen) atoms. The van der Waals surface area contributed by atoms with Gasteiger partial charge < -0.3 is 15.0 Å². The summed E-state index contributed by atoms with van der Waals surface area (Å²) in [5.74, 6) is 0.417. The lowest BCUT2D eigenvalue weighted by Gasteiger charge is -2.33. The first kappa shape index (κ1) is 18.6. The zero-order valence-electron chi connectivity index (χ0n) is 14.8. The summed E-state index contributed by atoms with van der Waals surface area (Å²) in [4.78, 5) is 2.04. The van der Waals surface area contributed by atoms with Gasteiger partial charge in [0.15, 0.2) is 14.9 Å². The van der Waals surface area contributed by atoms with Gasteiger partial charge in [0, 0.05) is 24.9 Å². The van der Waals surface area contributed by atoms with Crippen molar-refractivity contribution in [2.75, 3.05) is 30.0 Å². The highest BCUT2D eigenvalue weighted by atomic mass is 32.2. The quantitative estimate of drug-likeness (QED) is 0.808. The van der Waals surface area contributed by atoms with Crippen molar-refractivity contribution in [1.82, 2.24) is 4.90 Å². The lowest BCUT2D eigenvalue weighted by molar-refractivity contribution is 0.0851. The zero-order chi connectivity index (χ0) is 18.0. The Kier molecular flexibility index (Phi) is 5.65. The molecule has 2 heterocycles. The zero-order valence-corrected chi connectivity index (χ0v) is 16.5. The monoisotopic (exact) mass is 382 g/mol. The number of thiocarbonyl (C=S) groups is 1. The third-order valence-corrected chi connectivity index (χ3v) is 7.06. The Labute approximate surface area is 155 Å². The molecule has 5 nitrogen and oxygen atoms in total. The Morgan fingerprint density at radius 2 is 2.16 bits per heavy atom. The largest absolute Gasteiger partial charge is 0.376 e. The summed E-state index contributed by atoms with van der Waals surface area (Å²) in [5, 5.41) is 3.93. The van der Waals surface area contributed by atoms with Crippen molar-refractivity contribution in [2.45, 2.75) is 45.3 Å². The first-order valence-corrected chi connectivity index (χ1v) is 11.0. The Morgan fingerprint density at radius 1 is 1.36 bits per heavy atom. The van der Waals surface area contributed by atoms with E-state index in [-0.39, 0.29) is 23.7 Å². The van der Waals surface area contributed by atoms with Crippen LogP contribution in [0.15, 0.2) is 18.2 Å². The molecule has 2 fully saturated rings. The fourth-order valence-electron chi connectivity index (χ4n) is 3.48. The lowest BCUT2D eigenvalue weighted by Crippen LogP contribution is -2.47. The van der Waals surface area contributed by atoms with Crippen LogP contribution in [0.3, 0.4) is 0 Å². The summed E-state index contributed by atoms with van der Waals surface area (Å²) in [6.45, 7) is 5.51. The van der Waals surface area contributed by atoms with Gasteiger partial charge in [-0.1, -0.05) is 12.1 Å². The number of nitrogens with one attached hydrogen (secondary N) is 1. The van der Waals surface area contributed by atoms with E-state index in [1.54, 1.807) is 0 Å². The second-order valence-corrected chi connectivity index (χ2v) is 9.71. The van der Waals surface area contributed by atoms with E-state index in [1.165, 1.54) is 0 Å². The topological polar surface area (TPSA) is 58.6 Å². The highest BCUT2D eigenvalue weighted by molar-refractivity contribution is 7.91. The van der Waals surface area contributed by atoms with Gasteiger partial charge in [0.05, 0.1) is 17.6 Å². The molecule has 1 N–H and O–H groups in total. The molecule has 0 aliphatic carbocycles. The number of ether oxygens (including phenoxy) is 1. The summed E-state index contributed by atoms with van der Waals surface area (Å²) in [6, 6.07) is 6.12. The molecule has 1 aromatic carbocycles. The third kappa shape index (κ3) is 4.71. The van der Waals surface area contributed by atoms with Crippen LogP contribution in [0, 0.1) is 13.8 Å². The third-order valence-electron chi connectivity index (χ3n) is 4.97. The number of sulfone groups is 1. The molecule has 138 valence electrons. The van der Waals surface area contributed by atoms with Crippen molar-refractivity contribution < 1.29 is 13.2 Å². The molecule has 0 spiro atoms. The van der Waals surface area contributed by atoms with E-state index in [0.29, 0.717) is 18.1 Å². The van der Waals surface area contributed by atoms with Crippen LogP contribution in [0.25, 0.3) is 0 Å². The predicted molar refractivity (Wildman–Crippen MR) is 105 cm³/mol. The van der Waals surface area contributed by atoms with E-state index in [2.05, 4.69) is 23.5 Å². The maximum absolute atomic E-state index is 11.9. The van der Waals surface area contributed by atoms with E-state index in [1.807, 2.05) is 18.7 Å². The summed E-state index contributed by atoms with van der Waals surface area (Å²) >= 11 is 5.67. The Balaban J connectivity index is 1.77. The van der Waals surface area contributed by atoms with E-state index in [0.717, 1.165) is 36.3 Å². The number of anilines is 1. The SMILES string of the molecule is Cc1ccc(C)c(NC(=S)N(C[C@H]2CCCO2)[C@H]2CCS(=O)(=O)C2)c1.